The number of carbonyl (C=O) groups is 2. The zero-order valence-electron chi connectivity index (χ0n) is 19.7. The van der Waals surface area contributed by atoms with Gasteiger partial charge in [-0.15, -0.1) is 0 Å². The van der Waals surface area contributed by atoms with E-state index in [1.165, 1.54) is 60.7 Å². The Hall–Kier alpha value is -3.32. The van der Waals surface area contributed by atoms with Crippen LogP contribution in [0.3, 0.4) is 0 Å². The van der Waals surface area contributed by atoms with Crippen molar-refractivity contribution in [1.29, 1.82) is 0 Å². The Morgan fingerprint density at radius 1 is 0.694 bits per heavy atom. The van der Waals surface area contributed by atoms with Crippen LogP contribution in [-0.4, -0.2) is 54.2 Å². The van der Waals surface area contributed by atoms with Crippen molar-refractivity contribution < 1.29 is 44.3 Å². The Kier molecular flexibility index (Phi) is 10.1. The maximum atomic E-state index is 12.9. The summed E-state index contributed by atoms with van der Waals surface area (Å²) in [5.41, 5.74) is 1.49. The van der Waals surface area contributed by atoms with Gasteiger partial charge in [-0.05, 0) is 38.1 Å². The standard InChI is InChI=1S/C24H26O10S2/c1-5-15-31-23(25)21(33-35(27,28)19-11-7-17(3)8-12-19)22(24(26)32-16-6-2)34-36(29,30)20-13-9-18(4)10-14-20/h5-14,21-22H,1-2,15-16H2,3-4H3. The van der Waals surface area contributed by atoms with Crippen molar-refractivity contribution in [2.45, 2.75) is 35.8 Å². The molecule has 0 radical (unpaired) electrons. The predicted octanol–water partition coefficient (Wildman–Crippen LogP) is 2.61. The number of ether oxygens (including phenoxy) is 2. The third-order valence-corrected chi connectivity index (χ3v) is 7.13. The lowest BCUT2D eigenvalue weighted by molar-refractivity contribution is -0.167. The molecule has 2 aromatic carbocycles. The Balaban J connectivity index is 2.54. The molecular weight excluding hydrogens is 512 g/mol. The Morgan fingerprint density at radius 2 is 1.00 bits per heavy atom. The molecule has 0 fully saturated rings. The van der Waals surface area contributed by atoms with E-state index in [1.54, 1.807) is 13.8 Å². The molecule has 12 heteroatoms. The molecule has 2 rings (SSSR count). The van der Waals surface area contributed by atoms with Gasteiger partial charge < -0.3 is 9.47 Å². The fourth-order valence-corrected chi connectivity index (χ4v) is 4.73. The van der Waals surface area contributed by atoms with Gasteiger partial charge in [0.25, 0.3) is 20.2 Å². The number of rotatable bonds is 13. The lowest BCUT2D eigenvalue weighted by Gasteiger charge is -2.23. The number of benzene rings is 2. The summed E-state index contributed by atoms with van der Waals surface area (Å²) in [5, 5.41) is 0. The van der Waals surface area contributed by atoms with Gasteiger partial charge in [0, 0.05) is 0 Å². The minimum absolute atomic E-state index is 0.353. The van der Waals surface area contributed by atoms with Gasteiger partial charge in [-0.25, -0.2) is 18.0 Å². The Bertz CT molecular complexity index is 1190. The fraction of sp³-hybridized carbons (Fsp3) is 0.250. The molecule has 0 bridgehead atoms. The van der Waals surface area contributed by atoms with Crippen LogP contribution in [0.15, 0.2) is 83.6 Å². The minimum atomic E-state index is -4.70. The van der Waals surface area contributed by atoms with Crippen molar-refractivity contribution in [3.63, 3.8) is 0 Å². The topological polar surface area (TPSA) is 139 Å². The average Bonchev–Trinajstić information content (AvgIpc) is 2.83. The second-order valence-electron chi connectivity index (χ2n) is 7.41. The molecule has 0 aliphatic rings. The van der Waals surface area contributed by atoms with Gasteiger partial charge in [-0.1, -0.05) is 60.7 Å². The molecule has 0 saturated carbocycles. The summed E-state index contributed by atoms with van der Waals surface area (Å²) in [6, 6.07) is 10.8. The highest BCUT2D eigenvalue weighted by Gasteiger charge is 2.45. The van der Waals surface area contributed by atoms with Crippen LogP contribution in [0.5, 0.6) is 0 Å². The molecule has 10 nitrogen and oxygen atoms in total. The van der Waals surface area contributed by atoms with E-state index in [2.05, 4.69) is 13.2 Å². The summed E-state index contributed by atoms with van der Waals surface area (Å²) in [4.78, 5) is 24.9. The molecule has 36 heavy (non-hydrogen) atoms. The van der Waals surface area contributed by atoms with Crippen LogP contribution >= 0.6 is 0 Å². The fourth-order valence-electron chi connectivity index (χ4n) is 2.67. The number of aryl methyl sites for hydroxylation is 2. The van der Waals surface area contributed by atoms with Crippen molar-refractivity contribution in [3.8, 4) is 0 Å². The van der Waals surface area contributed by atoms with Crippen LogP contribution in [0.2, 0.25) is 0 Å². The Morgan fingerprint density at radius 3 is 1.28 bits per heavy atom. The monoisotopic (exact) mass is 538 g/mol. The highest BCUT2D eigenvalue weighted by atomic mass is 32.2. The molecule has 0 spiro atoms. The number of hydrogen-bond acceptors (Lipinski definition) is 10. The first-order valence-electron chi connectivity index (χ1n) is 10.5. The summed E-state index contributed by atoms with van der Waals surface area (Å²) < 4.78 is 71.5. The van der Waals surface area contributed by atoms with Crippen LogP contribution in [0.4, 0.5) is 0 Å². The smallest absolute Gasteiger partial charge is 0.340 e. The van der Waals surface area contributed by atoms with Gasteiger partial charge in [-0.3, -0.25) is 0 Å². The van der Waals surface area contributed by atoms with E-state index in [9.17, 15) is 26.4 Å². The van der Waals surface area contributed by atoms with Gasteiger partial charge in [0.15, 0.2) is 0 Å². The highest BCUT2D eigenvalue weighted by molar-refractivity contribution is 7.87. The summed E-state index contributed by atoms with van der Waals surface area (Å²) in [7, 11) is -9.40. The quantitative estimate of drug-likeness (QED) is 0.212. The van der Waals surface area contributed by atoms with Crippen molar-refractivity contribution >= 4 is 32.2 Å². The normalized spacial score (nSPS) is 13.3. The largest absolute Gasteiger partial charge is 0.459 e. The van der Waals surface area contributed by atoms with Gasteiger partial charge >= 0.3 is 11.9 Å². The molecule has 194 valence electrons. The average molecular weight is 539 g/mol. The molecule has 0 N–H and O–H groups in total. The second-order valence-corrected chi connectivity index (χ2v) is 10.5. The first-order valence-corrected chi connectivity index (χ1v) is 13.3. The van der Waals surface area contributed by atoms with Crippen LogP contribution in [-0.2, 0) is 47.7 Å². The molecule has 2 unspecified atom stereocenters. The third kappa shape index (κ3) is 7.85. The third-order valence-electron chi connectivity index (χ3n) is 4.51. The summed E-state index contributed by atoms with van der Waals surface area (Å²) in [6.45, 7) is 9.44. The zero-order chi connectivity index (χ0) is 26.9. The van der Waals surface area contributed by atoms with E-state index < -0.39 is 44.4 Å². The molecule has 2 atom stereocenters. The number of carbonyl (C=O) groups excluding carboxylic acids is 2. The first-order chi connectivity index (χ1) is 16.9. The van der Waals surface area contributed by atoms with Gasteiger partial charge in [0.2, 0.25) is 12.2 Å². The molecule has 0 saturated heterocycles. The first kappa shape index (κ1) is 28.9. The van der Waals surface area contributed by atoms with Crippen molar-refractivity contribution in [3.05, 3.63) is 85.0 Å². The van der Waals surface area contributed by atoms with Crippen molar-refractivity contribution in [2.24, 2.45) is 0 Å². The number of esters is 2. The van der Waals surface area contributed by atoms with Crippen LogP contribution in [0.25, 0.3) is 0 Å². The maximum absolute atomic E-state index is 12.9. The molecule has 0 amide bonds. The van der Waals surface area contributed by atoms with E-state index in [-0.39, 0.29) is 23.0 Å². The second kappa shape index (κ2) is 12.6. The summed E-state index contributed by atoms with van der Waals surface area (Å²) in [5.74, 6) is -2.80. The van der Waals surface area contributed by atoms with Crippen LogP contribution < -0.4 is 0 Å². The molecule has 0 aliphatic heterocycles. The minimum Gasteiger partial charge on any atom is -0.459 e. The van der Waals surface area contributed by atoms with Gasteiger partial charge in [0.05, 0.1) is 9.79 Å². The van der Waals surface area contributed by atoms with E-state index in [0.717, 1.165) is 11.1 Å². The molecule has 0 aromatic heterocycles. The van der Waals surface area contributed by atoms with E-state index >= 15 is 0 Å². The van der Waals surface area contributed by atoms with Gasteiger partial charge in [0.1, 0.15) is 13.2 Å². The molecule has 0 heterocycles. The van der Waals surface area contributed by atoms with Gasteiger partial charge in [-0.2, -0.15) is 16.8 Å². The summed E-state index contributed by atoms with van der Waals surface area (Å²) in [6.07, 6.45) is -2.40. The lowest BCUT2D eigenvalue weighted by atomic mass is 10.2. The SMILES string of the molecule is C=CCOC(=O)C(OS(=O)(=O)c1ccc(C)cc1)C(OS(=O)(=O)c1ccc(C)cc1)C(=O)OCC=C. The molecular formula is C24H26O10S2. The van der Waals surface area contributed by atoms with Crippen molar-refractivity contribution in [1.82, 2.24) is 0 Å². The maximum Gasteiger partial charge on any atom is 0.340 e. The summed E-state index contributed by atoms with van der Waals surface area (Å²) >= 11 is 0. The van der Waals surface area contributed by atoms with Crippen LogP contribution in [0, 0.1) is 13.8 Å². The Labute approximate surface area is 210 Å². The highest BCUT2D eigenvalue weighted by Crippen LogP contribution is 2.23. The van der Waals surface area contributed by atoms with E-state index in [4.69, 9.17) is 17.8 Å². The van der Waals surface area contributed by atoms with Crippen LogP contribution in [0.1, 0.15) is 11.1 Å². The predicted molar refractivity (Wildman–Crippen MR) is 129 cm³/mol. The number of hydrogen-bond donors (Lipinski definition) is 0. The molecule has 2 aromatic rings. The molecule has 0 aliphatic carbocycles. The zero-order valence-corrected chi connectivity index (χ0v) is 21.3. The van der Waals surface area contributed by atoms with E-state index in [0.29, 0.717) is 0 Å². The van der Waals surface area contributed by atoms with Crippen molar-refractivity contribution in [2.75, 3.05) is 13.2 Å². The lowest BCUT2D eigenvalue weighted by Crippen LogP contribution is -2.47. The van der Waals surface area contributed by atoms with E-state index in [1.807, 2.05) is 0 Å².